The third-order valence-corrected chi connectivity index (χ3v) is 4.14. The van der Waals surface area contributed by atoms with Crippen LogP contribution in [0.4, 0.5) is 5.82 Å². The molecule has 7 nitrogen and oxygen atoms in total. The molecule has 3 aromatic rings. The summed E-state index contributed by atoms with van der Waals surface area (Å²) in [5, 5.41) is 6.90. The summed E-state index contributed by atoms with van der Waals surface area (Å²) in [6, 6.07) is 17.6. The maximum absolute atomic E-state index is 12.6. The topological polar surface area (TPSA) is 82.5 Å². The smallest absolute Gasteiger partial charge is 0.342 e. The van der Waals surface area contributed by atoms with Crippen LogP contribution < -0.4 is 10.1 Å². The van der Waals surface area contributed by atoms with Crippen LogP contribution in [0.3, 0.4) is 0 Å². The number of carbonyl (C=O) groups is 2. The Balaban J connectivity index is 1.68. The van der Waals surface area contributed by atoms with Crippen molar-refractivity contribution in [2.24, 2.45) is 0 Å². The van der Waals surface area contributed by atoms with Gasteiger partial charge in [-0.25, -0.2) is 9.48 Å². The van der Waals surface area contributed by atoms with Gasteiger partial charge in [0.1, 0.15) is 22.9 Å². The molecule has 0 aliphatic rings. The number of benzene rings is 2. The van der Waals surface area contributed by atoms with Gasteiger partial charge < -0.3 is 14.8 Å². The first-order valence-corrected chi connectivity index (χ1v) is 9.33. The van der Waals surface area contributed by atoms with Gasteiger partial charge in [0.05, 0.1) is 6.20 Å². The molecule has 1 amide bonds. The third kappa shape index (κ3) is 5.01. The molecular formula is C22H23N3O4. The molecule has 150 valence electrons. The lowest BCUT2D eigenvalue weighted by Crippen LogP contribution is -2.31. The molecule has 1 N–H and O–H groups in total. The van der Waals surface area contributed by atoms with E-state index in [1.165, 1.54) is 6.92 Å². The Kier molecular flexibility index (Phi) is 6.29. The number of nitrogens with zero attached hydrogens (tertiary/aromatic N) is 2. The number of amides is 1. The van der Waals surface area contributed by atoms with Crippen LogP contribution in [0.15, 0.2) is 66.9 Å². The van der Waals surface area contributed by atoms with Crippen molar-refractivity contribution in [3.63, 3.8) is 0 Å². The Morgan fingerprint density at radius 1 is 0.966 bits per heavy atom. The number of esters is 1. The van der Waals surface area contributed by atoms with Gasteiger partial charge in [0.25, 0.3) is 5.91 Å². The third-order valence-electron chi connectivity index (χ3n) is 4.14. The van der Waals surface area contributed by atoms with Gasteiger partial charge in [-0.2, -0.15) is 5.10 Å². The number of carbonyl (C=O) groups excluding carboxylic acids is 2. The van der Waals surface area contributed by atoms with Gasteiger partial charge >= 0.3 is 5.97 Å². The number of anilines is 1. The van der Waals surface area contributed by atoms with Crippen molar-refractivity contribution in [1.82, 2.24) is 9.78 Å². The lowest BCUT2D eigenvalue weighted by atomic mass is 10.2. The second kappa shape index (κ2) is 9.05. The van der Waals surface area contributed by atoms with Crippen molar-refractivity contribution >= 4 is 17.7 Å². The average molecular weight is 393 g/mol. The molecule has 0 radical (unpaired) electrons. The molecule has 0 aliphatic heterocycles. The summed E-state index contributed by atoms with van der Waals surface area (Å²) in [6.07, 6.45) is 0.603. The highest BCUT2D eigenvalue weighted by atomic mass is 16.5. The molecule has 0 saturated heterocycles. The van der Waals surface area contributed by atoms with Crippen LogP contribution in [0, 0.1) is 0 Å². The summed E-state index contributed by atoms with van der Waals surface area (Å²) in [7, 11) is 0. The first-order chi connectivity index (χ1) is 14.0. The number of aromatic nitrogens is 2. The molecule has 3 rings (SSSR count). The Morgan fingerprint density at radius 3 is 2.38 bits per heavy atom. The van der Waals surface area contributed by atoms with E-state index in [-0.39, 0.29) is 11.6 Å². The van der Waals surface area contributed by atoms with Crippen LogP contribution >= 0.6 is 0 Å². The van der Waals surface area contributed by atoms with E-state index < -0.39 is 18.0 Å². The molecular weight excluding hydrogens is 370 g/mol. The van der Waals surface area contributed by atoms with Crippen molar-refractivity contribution in [2.75, 3.05) is 5.32 Å². The monoisotopic (exact) mass is 393 g/mol. The number of ether oxygens (including phenoxy) is 2. The highest BCUT2D eigenvalue weighted by Gasteiger charge is 2.22. The zero-order valence-electron chi connectivity index (χ0n) is 16.5. The zero-order chi connectivity index (χ0) is 20.8. The molecule has 1 heterocycles. The van der Waals surface area contributed by atoms with E-state index in [0.717, 1.165) is 0 Å². The zero-order valence-corrected chi connectivity index (χ0v) is 16.5. The van der Waals surface area contributed by atoms with E-state index in [4.69, 9.17) is 9.47 Å². The fourth-order valence-corrected chi connectivity index (χ4v) is 2.67. The fourth-order valence-electron chi connectivity index (χ4n) is 2.67. The Hall–Kier alpha value is -3.61. The summed E-state index contributed by atoms with van der Waals surface area (Å²) in [5.74, 6) is 0.411. The molecule has 2 aromatic carbocycles. The summed E-state index contributed by atoms with van der Waals surface area (Å²) in [6.45, 7) is 5.43. The number of para-hydroxylation sites is 2. The van der Waals surface area contributed by atoms with Gasteiger partial charge in [-0.05, 0) is 45.0 Å². The summed E-state index contributed by atoms with van der Waals surface area (Å²) >= 11 is 0. The Morgan fingerprint density at radius 2 is 1.66 bits per heavy atom. The summed E-state index contributed by atoms with van der Waals surface area (Å²) in [5.41, 5.74) is 0.239. The van der Waals surface area contributed by atoms with Crippen molar-refractivity contribution in [2.45, 2.75) is 32.9 Å². The van der Waals surface area contributed by atoms with Crippen molar-refractivity contribution < 1.29 is 19.1 Å². The van der Waals surface area contributed by atoms with Crippen LogP contribution in [0.1, 0.15) is 37.2 Å². The molecule has 0 bridgehead atoms. The van der Waals surface area contributed by atoms with Crippen molar-refractivity contribution in [3.8, 4) is 11.5 Å². The van der Waals surface area contributed by atoms with Gasteiger partial charge in [-0.3, -0.25) is 4.79 Å². The number of rotatable bonds is 7. The lowest BCUT2D eigenvalue weighted by Gasteiger charge is -2.16. The minimum atomic E-state index is -0.997. The Bertz CT molecular complexity index is 982. The number of hydrogen-bond donors (Lipinski definition) is 1. The highest BCUT2D eigenvalue weighted by Crippen LogP contribution is 2.26. The first kappa shape index (κ1) is 20.1. The van der Waals surface area contributed by atoms with Crippen LogP contribution in [0.5, 0.6) is 11.5 Å². The molecule has 1 aromatic heterocycles. The van der Waals surface area contributed by atoms with Gasteiger partial charge in [-0.1, -0.05) is 30.3 Å². The SMILES string of the molecule is CC(C)n1nccc1NC(=O)[C@H](C)OC(=O)c1ccccc1Oc1ccccc1. The van der Waals surface area contributed by atoms with Crippen molar-refractivity contribution in [3.05, 3.63) is 72.4 Å². The fraction of sp³-hybridized carbons (Fsp3) is 0.227. The van der Waals surface area contributed by atoms with Crippen LogP contribution in [-0.2, 0) is 9.53 Å². The maximum Gasteiger partial charge on any atom is 0.342 e. The average Bonchev–Trinajstić information content (AvgIpc) is 3.17. The van der Waals surface area contributed by atoms with Gasteiger partial charge in [-0.15, -0.1) is 0 Å². The predicted molar refractivity (Wildman–Crippen MR) is 109 cm³/mol. The molecule has 29 heavy (non-hydrogen) atoms. The van der Waals surface area contributed by atoms with E-state index in [2.05, 4.69) is 10.4 Å². The van der Waals surface area contributed by atoms with Gasteiger partial charge in [0, 0.05) is 12.1 Å². The predicted octanol–water partition coefficient (Wildman–Crippen LogP) is 4.44. The molecule has 0 aliphatic carbocycles. The normalized spacial score (nSPS) is 11.7. The van der Waals surface area contributed by atoms with E-state index >= 15 is 0 Å². The number of hydrogen-bond acceptors (Lipinski definition) is 5. The van der Waals surface area contributed by atoms with Gasteiger partial charge in [0.15, 0.2) is 6.10 Å². The minimum absolute atomic E-state index is 0.0835. The first-order valence-electron chi connectivity index (χ1n) is 9.33. The van der Waals surface area contributed by atoms with E-state index in [0.29, 0.717) is 17.3 Å². The quantitative estimate of drug-likeness (QED) is 0.600. The van der Waals surface area contributed by atoms with E-state index in [1.807, 2.05) is 32.0 Å². The highest BCUT2D eigenvalue weighted by molar-refractivity contribution is 5.98. The number of nitrogens with one attached hydrogen (secondary N) is 1. The second-order valence-corrected chi connectivity index (χ2v) is 6.70. The van der Waals surface area contributed by atoms with Crippen LogP contribution in [0.2, 0.25) is 0 Å². The molecule has 0 unspecified atom stereocenters. The standard InChI is InChI=1S/C22H23N3O4/c1-15(2)25-20(13-14-23-25)24-21(26)16(3)28-22(27)18-11-7-8-12-19(18)29-17-9-5-4-6-10-17/h4-16H,1-3H3,(H,24,26)/t16-/m0/s1. The maximum atomic E-state index is 12.6. The summed E-state index contributed by atoms with van der Waals surface area (Å²) in [4.78, 5) is 25.1. The molecule has 0 spiro atoms. The Labute approximate surface area is 169 Å². The summed E-state index contributed by atoms with van der Waals surface area (Å²) < 4.78 is 12.8. The second-order valence-electron chi connectivity index (χ2n) is 6.70. The van der Waals surface area contributed by atoms with E-state index in [1.54, 1.807) is 53.3 Å². The van der Waals surface area contributed by atoms with Crippen LogP contribution in [-0.4, -0.2) is 27.8 Å². The molecule has 1 atom stereocenters. The molecule has 7 heteroatoms. The van der Waals surface area contributed by atoms with Crippen molar-refractivity contribution in [1.29, 1.82) is 0 Å². The van der Waals surface area contributed by atoms with Crippen LogP contribution in [0.25, 0.3) is 0 Å². The largest absolute Gasteiger partial charge is 0.456 e. The van der Waals surface area contributed by atoms with E-state index in [9.17, 15) is 9.59 Å². The minimum Gasteiger partial charge on any atom is -0.456 e. The molecule has 0 saturated carbocycles. The van der Waals surface area contributed by atoms with Gasteiger partial charge in [0.2, 0.25) is 0 Å². The lowest BCUT2D eigenvalue weighted by molar-refractivity contribution is -0.123. The molecule has 0 fully saturated rings.